The van der Waals surface area contributed by atoms with Crippen molar-refractivity contribution in [3.05, 3.63) is 54.1 Å². The van der Waals surface area contributed by atoms with Gasteiger partial charge in [0.15, 0.2) is 0 Å². The molecule has 4 nitrogen and oxygen atoms in total. The third-order valence-electron chi connectivity index (χ3n) is 4.39. The molecular weight excluding hydrogens is 338 g/mol. The number of hydrogen-bond acceptors (Lipinski definition) is 3. The zero-order valence-corrected chi connectivity index (χ0v) is 16.7. The summed E-state index contributed by atoms with van der Waals surface area (Å²) in [5.41, 5.74) is 1.32. The highest BCUT2D eigenvalue weighted by Crippen LogP contribution is 2.19. The maximum Gasteiger partial charge on any atom is 0.255 e. The number of hydrogen-bond donors (Lipinski definition) is 1. The Morgan fingerprint density at radius 3 is 2.48 bits per heavy atom. The largest absolute Gasteiger partial charge is 0.494 e. The summed E-state index contributed by atoms with van der Waals surface area (Å²) in [5.74, 6) is 1.38. The lowest BCUT2D eigenvalue weighted by molar-refractivity contribution is 0.102. The summed E-state index contributed by atoms with van der Waals surface area (Å²) in [6.45, 7) is 7.01. The Morgan fingerprint density at radius 1 is 1.00 bits per heavy atom. The first kappa shape index (κ1) is 20.8. The number of benzene rings is 2. The van der Waals surface area contributed by atoms with Crippen LogP contribution < -0.4 is 14.8 Å². The number of anilines is 1. The van der Waals surface area contributed by atoms with Gasteiger partial charge >= 0.3 is 0 Å². The van der Waals surface area contributed by atoms with Crippen molar-refractivity contribution in [3.63, 3.8) is 0 Å². The molecule has 0 fully saturated rings. The first-order chi connectivity index (χ1) is 13.1. The molecule has 27 heavy (non-hydrogen) atoms. The van der Waals surface area contributed by atoms with Gasteiger partial charge in [0.25, 0.3) is 5.91 Å². The number of unbranched alkanes of at least 4 members (excludes halogenated alkanes) is 3. The number of carbonyl (C=O) groups is 1. The number of nitrogens with one attached hydrogen (secondary N) is 1. The van der Waals surface area contributed by atoms with E-state index < -0.39 is 0 Å². The van der Waals surface area contributed by atoms with Gasteiger partial charge in [-0.25, -0.2) is 0 Å². The second-order valence-corrected chi connectivity index (χ2v) is 6.75. The Hall–Kier alpha value is -2.49. The summed E-state index contributed by atoms with van der Waals surface area (Å²) in [6, 6.07) is 14.8. The topological polar surface area (TPSA) is 47.6 Å². The first-order valence-electron chi connectivity index (χ1n) is 9.93. The van der Waals surface area contributed by atoms with Crippen molar-refractivity contribution in [2.24, 2.45) is 0 Å². The minimum Gasteiger partial charge on any atom is -0.494 e. The minimum atomic E-state index is -0.155. The molecule has 2 aromatic rings. The van der Waals surface area contributed by atoms with E-state index in [1.54, 1.807) is 12.1 Å². The van der Waals surface area contributed by atoms with Crippen molar-refractivity contribution in [2.45, 2.75) is 59.0 Å². The summed E-state index contributed by atoms with van der Waals surface area (Å²) in [5, 5.41) is 2.91. The number of ether oxygens (including phenoxy) is 2. The smallest absolute Gasteiger partial charge is 0.255 e. The maximum atomic E-state index is 12.5. The van der Waals surface area contributed by atoms with E-state index >= 15 is 0 Å². The molecule has 1 N–H and O–H groups in total. The quantitative estimate of drug-likeness (QED) is 0.489. The lowest BCUT2D eigenvalue weighted by atomic mass is 10.2. The second kappa shape index (κ2) is 11.3. The summed E-state index contributed by atoms with van der Waals surface area (Å²) < 4.78 is 11.5. The second-order valence-electron chi connectivity index (χ2n) is 6.75. The Labute approximate surface area is 162 Å². The van der Waals surface area contributed by atoms with Gasteiger partial charge in [-0.1, -0.05) is 39.2 Å². The van der Waals surface area contributed by atoms with Crippen LogP contribution in [0.25, 0.3) is 0 Å². The van der Waals surface area contributed by atoms with Crippen LogP contribution in [0.1, 0.15) is 63.2 Å². The first-order valence-corrected chi connectivity index (χ1v) is 9.93. The Balaban J connectivity index is 1.87. The highest BCUT2D eigenvalue weighted by Gasteiger charge is 2.09. The van der Waals surface area contributed by atoms with E-state index in [1.165, 1.54) is 19.3 Å². The van der Waals surface area contributed by atoms with Gasteiger partial charge < -0.3 is 14.8 Å². The summed E-state index contributed by atoms with van der Waals surface area (Å²) in [4.78, 5) is 12.5. The van der Waals surface area contributed by atoms with Crippen LogP contribution in [0.2, 0.25) is 0 Å². The van der Waals surface area contributed by atoms with E-state index in [4.69, 9.17) is 9.47 Å². The third kappa shape index (κ3) is 7.33. The molecule has 2 rings (SSSR count). The van der Waals surface area contributed by atoms with Crippen LogP contribution >= 0.6 is 0 Å². The zero-order valence-electron chi connectivity index (χ0n) is 16.7. The van der Waals surface area contributed by atoms with E-state index in [9.17, 15) is 4.79 Å². The van der Waals surface area contributed by atoms with Crippen LogP contribution in [-0.4, -0.2) is 18.6 Å². The van der Waals surface area contributed by atoms with Crippen molar-refractivity contribution in [1.29, 1.82) is 0 Å². The summed E-state index contributed by atoms with van der Waals surface area (Å²) >= 11 is 0. The van der Waals surface area contributed by atoms with Crippen LogP contribution in [0.15, 0.2) is 48.5 Å². The average molecular weight is 370 g/mol. The fourth-order valence-corrected chi connectivity index (χ4v) is 2.58. The van der Waals surface area contributed by atoms with Crippen molar-refractivity contribution >= 4 is 11.6 Å². The molecule has 0 aliphatic carbocycles. The van der Waals surface area contributed by atoms with Crippen molar-refractivity contribution < 1.29 is 14.3 Å². The fourth-order valence-electron chi connectivity index (χ4n) is 2.58. The number of carbonyl (C=O) groups excluding carboxylic acids is 1. The lowest BCUT2D eigenvalue weighted by Crippen LogP contribution is -2.13. The molecule has 0 aliphatic rings. The zero-order chi connectivity index (χ0) is 19.5. The summed E-state index contributed by atoms with van der Waals surface area (Å²) in [6.07, 6.45) is 5.78. The highest BCUT2D eigenvalue weighted by molar-refractivity contribution is 6.04. The monoisotopic (exact) mass is 369 g/mol. The van der Waals surface area contributed by atoms with E-state index in [1.807, 2.05) is 43.3 Å². The molecule has 0 bridgehead atoms. The molecule has 0 aromatic heterocycles. The van der Waals surface area contributed by atoms with Crippen LogP contribution in [0, 0.1) is 0 Å². The lowest BCUT2D eigenvalue weighted by Gasteiger charge is -2.13. The van der Waals surface area contributed by atoms with Crippen LogP contribution in [0.3, 0.4) is 0 Å². The van der Waals surface area contributed by atoms with Gasteiger partial charge in [0.2, 0.25) is 0 Å². The molecular formula is C23H31NO3. The van der Waals surface area contributed by atoms with Crippen molar-refractivity contribution in [2.75, 3.05) is 11.9 Å². The van der Waals surface area contributed by atoms with Crippen LogP contribution in [0.5, 0.6) is 11.5 Å². The minimum absolute atomic E-state index is 0.123. The molecule has 0 spiro atoms. The molecule has 0 radical (unpaired) electrons. The third-order valence-corrected chi connectivity index (χ3v) is 4.39. The van der Waals surface area contributed by atoms with E-state index in [0.717, 1.165) is 30.9 Å². The highest BCUT2D eigenvalue weighted by atomic mass is 16.5. The predicted molar refractivity (Wildman–Crippen MR) is 111 cm³/mol. The van der Waals surface area contributed by atoms with Crippen molar-refractivity contribution in [3.8, 4) is 11.5 Å². The van der Waals surface area contributed by atoms with E-state index in [0.29, 0.717) is 11.3 Å². The van der Waals surface area contributed by atoms with Crippen LogP contribution in [-0.2, 0) is 0 Å². The number of rotatable bonds is 11. The molecule has 0 saturated carbocycles. The molecule has 0 heterocycles. The maximum absolute atomic E-state index is 12.5. The van der Waals surface area contributed by atoms with Gasteiger partial charge in [-0.15, -0.1) is 0 Å². The average Bonchev–Trinajstić information content (AvgIpc) is 2.69. The normalized spacial score (nSPS) is 11.7. The van der Waals surface area contributed by atoms with Gasteiger partial charge in [-0.05, 0) is 62.2 Å². The van der Waals surface area contributed by atoms with Crippen molar-refractivity contribution in [1.82, 2.24) is 0 Å². The van der Waals surface area contributed by atoms with E-state index in [-0.39, 0.29) is 12.0 Å². The van der Waals surface area contributed by atoms with Gasteiger partial charge in [-0.3, -0.25) is 4.79 Å². The van der Waals surface area contributed by atoms with E-state index in [2.05, 4.69) is 19.2 Å². The molecule has 1 unspecified atom stereocenters. The van der Waals surface area contributed by atoms with Gasteiger partial charge in [0.05, 0.1) is 12.7 Å². The Kier molecular flexibility index (Phi) is 8.69. The molecule has 1 amide bonds. The predicted octanol–water partition coefficient (Wildman–Crippen LogP) is 6.08. The fraction of sp³-hybridized carbons (Fsp3) is 0.435. The van der Waals surface area contributed by atoms with Crippen LogP contribution in [0.4, 0.5) is 5.69 Å². The molecule has 1 atom stereocenters. The van der Waals surface area contributed by atoms with Gasteiger partial charge in [-0.2, -0.15) is 0 Å². The standard InChI is InChI=1S/C23H31NO3/c1-4-6-7-8-16-26-21-14-12-20(13-15-21)24-23(25)19-10-9-11-22(17-19)27-18(3)5-2/h9-15,17-18H,4-8,16H2,1-3H3,(H,24,25). The number of amides is 1. The molecule has 0 aliphatic heterocycles. The Bertz CT molecular complexity index is 697. The molecule has 2 aromatic carbocycles. The van der Waals surface area contributed by atoms with Gasteiger partial charge in [0, 0.05) is 11.3 Å². The Morgan fingerprint density at radius 2 is 1.78 bits per heavy atom. The molecule has 146 valence electrons. The SMILES string of the molecule is CCCCCCOc1ccc(NC(=O)c2cccc(OC(C)CC)c2)cc1. The summed E-state index contributed by atoms with van der Waals surface area (Å²) in [7, 11) is 0. The molecule has 0 saturated heterocycles. The van der Waals surface area contributed by atoms with Gasteiger partial charge in [0.1, 0.15) is 11.5 Å². The molecule has 4 heteroatoms.